The molecule has 1 N–H and O–H groups in total. The number of anilines is 1. The Balaban J connectivity index is 1.51. The molecule has 0 saturated heterocycles. The zero-order chi connectivity index (χ0) is 26.7. The van der Waals surface area contributed by atoms with Crippen molar-refractivity contribution in [1.82, 2.24) is 10.0 Å². The molecule has 0 radical (unpaired) electrons. The molecule has 7 nitrogen and oxygen atoms in total. The number of nitrogens with one attached hydrogen (secondary N) is 1. The van der Waals surface area contributed by atoms with Crippen LogP contribution in [0.25, 0.3) is 0 Å². The lowest BCUT2D eigenvalue weighted by molar-refractivity contribution is -0.129. The Morgan fingerprint density at radius 3 is 1.89 bits per heavy atom. The maximum absolute atomic E-state index is 13.6. The average Bonchev–Trinajstić information content (AvgIpc) is 2.95. The molecule has 1 atom stereocenters. The fourth-order valence-electron chi connectivity index (χ4n) is 3.89. The van der Waals surface area contributed by atoms with Crippen LogP contribution >= 0.6 is 0 Å². The van der Waals surface area contributed by atoms with Gasteiger partial charge in [0.25, 0.3) is 11.8 Å². The molecular weight excluding hydrogens is 478 g/mol. The first-order chi connectivity index (χ1) is 18.5. The number of amides is 2. The molecule has 7 heteroatoms. The summed E-state index contributed by atoms with van der Waals surface area (Å²) in [6, 6.07) is 34.2. The number of rotatable bonds is 11. The molecule has 194 valence electrons. The summed E-state index contributed by atoms with van der Waals surface area (Å²) in [5.74, 6) is 0.700. The minimum absolute atomic E-state index is 0.00663. The molecule has 0 aliphatic rings. The minimum Gasteiger partial charge on any atom is -0.457 e. The molecule has 0 saturated carbocycles. The summed E-state index contributed by atoms with van der Waals surface area (Å²) in [6.45, 7) is 0.323. The lowest BCUT2D eigenvalue weighted by Gasteiger charge is -2.35. The Hall–Kier alpha value is -4.46. The highest BCUT2D eigenvalue weighted by Crippen LogP contribution is 2.23. The molecule has 0 heterocycles. The van der Waals surface area contributed by atoms with Crippen molar-refractivity contribution in [3.8, 4) is 11.5 Å². The lowest BCUT2D eigenvalue weighted by Crippen LogP contribution is -2.55. The van der Waals surface area contributed by atoms with E-state index in [1.807, 2.05) is 66.7 Å². The van der Waals surface area contributed by atoms with Gasteiger partial charge in [-0.1, -0.05) is 66.7 Å². The fourth-order valence-corrected chi connectivity index (χ4v) is 3.89. The number of hydrogen-bond acceptors (Lipinski definition) is 5. The summed E-state index contributed by atoms with van der Waals surface area (Å²) < 4.78 is 11.8. The van der Waals surface area contributed by atoms with Gasteiger partial charge < -0.3 is 14.8 Å². The monoisotopic (exact) mass is 509 g/mol. The first-order valence-electron chi connectivity index (χ1n) is 12.3. The molecule has 4 aromatic rings. The van der Waals surface area contributed by atoms with Crippen molar-refractivity contribution in [3.63, 3.8) is 0 Å². The highest BCUT2D eigenvalue weighted by molar-refractivity contribution is 6.01. The minimum atomic E-state index is -0.915. The molecule has 0 fully saturated rings. The van der Waals surface area contributed by atoms with Gasteiger partial charge in [-0.05, 0) is 54.1 Å². The predicted molar refractivity (Wildman–Crippen MR) is 148 cm³/mol. The van der Waals surface area contributed by atoms with E-state index in [0.29, 0.717) is 23.6 Å². The second-order valence-electron chi connectivity index (χ2n) is 8.81. The van der Waals surface area contributed by atoms with Crippen LogP contribution in [0.4, 0.5) is 5.69 Å². The molecule has 0 bridgehead atoms. The van der Waals surface area contributed by atoms with E-state index >= 15 is 0 Å². The highest BCUT2D eigenvalue weighted by Gasteiger charge is 2.33. The number of para-hydroxylation sites is 1. The van der Waals surface area contributed by atoms with Crippen LogP contribution < -0.4 is 10.1 Å². The maximum Gasteiger partial charge on any atom is 0.268 e. The summed E-state index contributed by atoms with van der Waals surface area (Å²) in [4.78, 5) is 27.0. The second-order valence-corrected chi connectivity index (χ2v) is 8.81. The van der Waals surface area contributed by atoms with Gasteiger partial charge in [-0.2, -0.15) is 0 Å². The number of hydrazine groups is 1. The maximum atomic E-state index is 13.6. The number of carbonyl (C=O) groups is 2. The van der Waals surface area contributed by atoms with Gasteiger partial charge in [0.1, 0.15) is 11.5 Å². The van der Waals surface area contributed by atoms with Crippen molar-refractivity contribution < 1.29 is 19.1 Å². The first-order valence-corrected chi connectivity index (χ1v) is 12.3. The van der Waals surface area contributed by atoms with Gasteiger partial charge in [0.2, 0.25) is 0 Å². The largest absolute Gasteiger partial charge is 0.457 e. The van der Waals surface area contributed by atoms with Crippen LogP contribution in [0.15, 0.2) is 115 Å². The Kier molecular flexibility index (Phi) is 9.23. The third-order valence-electron chi connectivity index (χ3n) is 5.75. The SMILES string of the molecule is CN(C)N(C(=O)c1ccccc1)C(COCc1ccccc1)C(=O)Nc1ccc(Oc2ccccc2)cc1. The number of carbonyl (C=O) groups excluding carboxylic acids is 2. The summed E-state index contributed by atoms with van der Waals surface area (Å²) in [6.07, 6.45) is 0. The van der Waals surface area contributed by atoms with Gasteiger partial charge in [-0.15, -0.1) is 0 Å². The van der Waals surface area contributed by atoms with Crippen molar-refractivity contribution >= 4 is 17.5 Å². The van der Waals surface area contributed by atoms with Crippen LogP contribution in [0.1, 0.15) is 15.9 Å². The smallest absolute Gasteiger partial charge is 0.268 e. The van der Waals surface area contributed by atoms with E-state index < -0.39 is 6.04 Å². The van der Waals surface area contributed by atoms with Gasteiger partial charge in [0.05, 0.1) is 13.2 Å². The molecule has 2 amide bonds. The molecule has 4 aromatic carbocycles. The number of nitrogens with zero attached hydrogens (tertiary/aromatic N) is 2. The highest BCUT2D eigenvalue weighted by atomic mass is 16.5. The summed E-state index contributed by atoms with van der Waals surface area (Å²) >= 11 is 0. The van der Waals surface area contributed by atoms with Crippen LogP contribution in [0.2, 0.25) is 0 Å². The van der Waals surface area contributed by atoms with E-state index in [9.17, 15) is 9.59 Å². The Morgan fingerprint density at radius 1 is 0.737 bits per heavy atom. The third-order valence-corrected chi connectivity index (χ3v) is 5.75. The van der Waals surface area contributed by atoms with E-state index in [2.05, 4.69) is 5.32 Å². The number of hydrogen-bond donors (Lipinski definition) is 1. The zero-order valence-electron chi connectivity index (χ0n) is 21.5. The topological polar surface area (TPSA) is 71.1 Å². The van der Waals surface area contributed by atoms with E-state index in [0.717, 1.165) is 11.3 Å². The van der Waals surface area contributed by atoms with Crippen molar-refractivity contribution in [2.45, 2.75) is 12.6 Å². The zero-order valence-corrected chi connectivity index (χ0v) is 21.5. The van der Waals surface area contributed by atoms with Crippen LogP contribution in [0.3, 0.4) is 0 Å². The Labute approximate surface area is 223 Å². The van der Waals surface area contributed by atoms with E-state index in [1.165, 1.54) is 5.01 Å². The molecule has 0 aliphatic carbocycles. The van der Waals surface area contributed by atoms with E-state index in [4.69, 9.17) is 9.47 Å². The summed E-state index contributed by atoms with van der Waals surface area (Å²) in [7, 11) is 3.46. The van der Waals surface area contributed by atoms with Crippen molar-refractivity contribution in [1.29, 1.82) is 0 Å². The summed E-state index contributed by atoms with van der Waals surface area (Å²) in [5.41, 5.74) is 2.03. The van der Waals surface area contributed by atoms with Gasteiger partial charge in [-0.25, -0.2) is 5.01 Å². The van der Waals surface area contributed by atoms with Gasteiger partial charge in [0.15, 0.2) is 6.04 Å². The van der Waals surface area contributed by atoms with Gasteiger partial charge in [0, 0.05) is 25.3 Å². The summed E-state index contributed by atoms with van der Waals surface area (Å²) in [5, 5.41) is 5.96. The normalized spacial score (nSPS) is 11.6. The van der Waals surface area contributed by atoms with Crippen LogP contribution in [-0.4, -0.2) is 48.6 Å². The molecular formula is C31H31N3O4. The molecule has 4 rings (SSSR count). The average molecular weight is 510 g/mol. The third kappa shape index (κ3) is 7.29. The Morgan fingerprint density at radius 2 is 1.29 bits per heavy atom. The quantitative estimate of drug-likeness (QED) is 0.266. The van der Waals surface area contributed by atoms with Crippen LogP contribution in [-0.2, 0) is 16.1 Å². The molecule has 0 spiro atoms. The van der Waals surface area contributed by atoms with Gasteiger partial charge >= 0.3 is 0 Å². The van der Waals surface area contributed by atoms with Gasteiger partial charge in [-0.3, -0.25) is 14.6 Å². The van der Waals surface area contributed by atoms with Crippen molar-refractivity contribution in [3.05, 3.63) is 126 Å². The van der Waals surface area contributed by atoms with E-state index in [1.54, 1.807) is 67.6 Å². The van der Waals surface area contributed by atoms with Crippen molar-refractivity contribution in [2.24, 2.45) is 0 Å². The molecule has 1 unspecified atom stereocenters. The molecule has 0 aliphatic heterocycles. The van der Waals surface area contributed by atoms with Crippen LogP contribution in [0.5, 0.6) is 11.5 Å². The standard InChI is InChI=1S/C31H31N3O4/c1-33(2)34(31(36)25-14-8-4-9-15-25)29(23-37-22-24-12-6-3-7-13-24)30(35)32-26-18-20-28(21-19-26)38-27-16-10-5-11-17-27/h3-21,29H,22-23H2,1-2H3,(H,32,35). The molecule has 0 aromatic heterocycles. The number of benzene rings is 4. The lowest BCUT2D eigenvalue weighted by atomic mass is 10.1. The van der Waals surface area contributed by atoms with Crippen LogP contribution in [0, 0.1) is 0 Å². The second kappa shape index (κ2) is 13.2. The fraction of sp³-hybridized carbons (Fsp3) is 0.161. The molecule has 38 heavy (non-hydrogen) atoms. The first kappa shape index (κ1) is 26.6. The van der Waals surface area contributed by atoms with Crippen molar-refractivity contribution in [2.75, 3.05) is 26.0 Å². The van der Waals surface area contributed by atoms with E-state index in [-0.39, 0.29) is 18.4 Å². The predicted octanol–water partition coefficient (Wildman–Crippen LogP) is 5.62. The number of ether oxygens (including phenoxy) is 2. The Bertz CT molecular complexity index is 1300.